The summed E-state index contributed by atoms with van der Waals surface area (Å²) >= 11 is 0. The summed E-state index contributed by atoms with van der Waals surface area (Å²) in [5, 5.41) is 1.27. The zero-order valence-corrected chi connectivity index (χ0v) is 17.1. The normalized spacial score (nSPS) is 19.7. The molecule has 0 radical (unpaired) electrons. The van der Waals surface area contributed by atoms with Gasteiger partial charge >= 0.3 is 0 Å². The Bertz CT molecular complexity index is 1830. The van der Waals surface area contributed by atoms with E-state index in [0.29, 0.717) is 38.7 Å². The van der Waals surface area contributed by atoms with E-state index in [9.17, 15) is 0 Å². The lowest BCUT2D eigenvalue weighted by Gasteiger charge is -2.20. The van der Waals surface area contributed by atoms with E-state index in [-0.39, 0.29) is 22.4 Å². The molecule has 1 aliphatic rings. The van der Waals surface area contributed by atoms with E-state index in [1.54, 1.807) is 48.1 Å². The molecule has 3 nitrogen and oxygen atoms in total. The molecule has 0 amide bonds. The van der Waals surface area contributed by atoms with Gasteiger partial charge in [-0.3, -0.25) is 4.98 Å². The molecule has 0 aliphatic heterocycles. The van der Waals surface area contributed by atoms with Crippen LogP contribution in [0.15, 0.2) is 65.3 Å². The van der Waals surface area contributed by atoms with Gasteiger partial charge in [0.25, 0.3) is 0 Å². The first-order valence-corrected chi connectivity index (χ1v) is 10.0. The predicted molar refractivity (Wildman–Crippen MR) is 125 cm³/mol. The smallest absolute Gasteiger partial charge is 0.216 e. The molecule has 6 rings (SSSR count). The number of aromatic nitrogens is 2. The van der Waals surface area contributed by atoms with Gasteiger partial charge in [-0.25, -0.2) is 4.57 Å². The number of fused-ring (bicyclic) bond motifs is 7. The lowest BCUT2D eigenvalue weighted by molar-refractivity contribution is -0.660. The van der Waals surface area contributed by atoms with Crippen LogP contribution in [0.1, 0.15) is 48.4 Å². The fourth-order valence-corrected chi connectivity index (χ4v) is 4.82. The van der Waals surface area contributed by atoms with E-state index >= 15 is 0 Å². The van der Waals surface area contributed by atoms with Crippen LogP contribution in [0, 0.1) is 13.8 Å². The zero-order valence-electron chi connectivity index (χ0n) is 26.1. The largest absolute Gasteiger partial charge is 0.455 e. The average Bonchev–Trinajstić information content (AvgIpc) is 3.37. The Kier molecular flexibility index (Phi) is 2.19. The van der Waals surface area contributed by atoms with Crippen LogP contribution in [-0.2, 0) is 12.5 Å². The lowest BCUT2D eigenvalue weighted by Crippen LogP contribution is -2.31. The van der Waals surface area contributed by atoms with Gasteiger partial charge in [0.05, 0.1) is 11.3 Å². The number of pyridine rings is 2. The van der Waals surface area contributed by atoms with Crippen LogP contribution >= 0.6 is 0 Å². The third-order valence-electron chi connectivity index (χ3n) is 6.24. The molecular weight excluding hydrogens is 380 g/mol. The van der Waals surface area contributed by atoms with Gasteiger partial charge in [-0.1, -0.05) is 24.3 Å². The van der Waals surface area contributed by atoms with E-state index in [1.807, 2.05) is 25.1 Å². The molecular formula is C28H25N2O+. The number of nitrogens with zero attached hydrogens (tertiary/aromatic N) is 2. The third kappa shape index (κ3) is 2.35. The van der Waals surface area contributed by atoms with Gasteiger partial charge in [-0.05, 0) is 56.8 Å². The van der Waals surface area contributed by atoms with Crippen molar-refractivity contribution in [2.24, 2.45) is 7.05 Å². The summed E-state index contributed by atoms with van der Waals surface area (Å²) in [4.78, 5) is 4.33. The minimum atomic E-state index is -2.98. The van der Waals surface area contributed by atoms with Gasteiger partial charge in [0.1, 0.15) is 18.2 Å². The molecule has 0 spiro atoms. The first-order valence-electron chi connectivity index (χ1n) is 14.5. The molecule has 152 valence electrons. The predicted octanol–water partition coefficient (Wildman–Crippen LogP) is 6.40. The lowest BCUT2D eigenvalue weighted by atomic mass is 9.84. The molecule has 0 unspecified atom stereocenters. The van der Waals surface area contributed by atoms with Crippen LogP contribution < -0.4 is 4.57 Å². The number of hydrogen-bond acceptors (Lipinski definition) is 2. The first kappa shape index (κ1) is 11.2. The maximum absolute atomic E-state index is 8.56. The molecule has 0 saturated carbocycles. The quantitative estimate of drug-likeness (QED) is 0.297. The van der Waals surface area contributed by atoms with Crippen molar-refractivity contribution in [2.75, 3.05) is 0 Å². The molecule has 0 atom stereocenters. The number of aryl methyl sites for hydroxylation is 3. The number of benzene rings is 2. The van der Waals surface area contributed by atoms with Crippen LogP contribution in [0.3, 0.4) is 0 Å². The van der Waals surface area contributed by atoms with Gasteiger partial charge in [0.2, 0.25) is 5.69 Å². The average molecular weight is 415 g/mol. The Balaban J connectivity index is 1.75. The molecule has 0 N–H and O–H groups in total. The van der Waals surface area contributed by atoms with Crippen LogP contribution in [0.2, 0.25) is 0 Å². The highest BCUT2D eigenvalue weighted by atomic mass is 16.3. The standard InChI is InChI=1S/C28H25N2O/c1-16-8-13-22(30(5)15-16)23-17(2)9-10-19-20-12-11-18-21-7-6-14-29-27(21)28(3,4)24(18)26(20)31-25(19)23/h6-15H,1-5H3/q+1/i1D3,3D3,4D3. The van der Waals surface area contributed by atoms with Crippen LogP contribution in [0.5, 0.6) is 0 Å². The first-order chi connectivity index (χ1) is 18.6. The van der Waals surface area contributed by atoms with E-state index in [0.717, 1.165) is 5.56 Å². The fraction of sp³-hybridized carbons (Fsp3) is 0.214. The summed E-state index contributed by atoms with van der Waals surface area (Å²) in [6.07, 6.45) is 2.97. The highest BCUT2D eigenvalue weighted by Crippen LogP contribution is 2.52. The van der Waals surface area contributed by atoms with E-state index < -0.39 is 26.0 Å². The second-order valence-corrected chi connectivity index (χ2v) is 8.16. The monoisotopic (exact) mass is 414 g/mol. The summed E-state index contributed by atoms with van der Waals surface area (Å²) in [7, 11) is 1.75. The summed E-state index contributed by atoms with van der Waals surface area (Å²) in [6.45, 7) is -6.32. The van der Waals surface area contributed by atoms with Crippen molar-refractivity contribution in [3.8, 4) is 22.4 Å². The van der Waals surface area contributed by atoms with Gasteiger partial charge in [0.15, 0.2) is 6.20 Å². The molecule has 0 bridgehead atoms. The number of hydrogen-bond donors (Lipinski definition) is 0. The molecule has 0 fully saturated rings. The maximum atomic E-state index is 8.56. The molecule has 1 aliphatic carbocycles. The van der Waals surface area contributed by atoms with Gasteiger partial charge < -0.3 is 4.42 Å². The second-order valence-electron chi connectivity index (χ2n) is 8.16. The van der Waals surface area contributed by atoms with Gasteiger partial charge in [-0.2, -0.15) is 0 Å². The highest BCUT2D eigenvalue weighted by molar-refractivity contribution is 6.12. The van der Waals surface area contributed by atoms with Gasteiger partial charge in [-0.15, -0.1) is 0 Å². The van der Waals surface area contributed by atoms with Gasteiger partial charge in [0, 0.05) is 57.5 Å². The Morgan fingerprint density at radius 3 is 2.61 bits per heavy atom. The van der Waals surface area contributed by atoms with Crippen molar-refractivity contribution >= 4 is 21.9 Å². The summed E-state index contributed by atoms with van der Waals surface area (Å²) in [5.74, 6) is 0. The van der Waals surface area contributed by atoms with Crippen molar-refractivity contribution in [3.05, 3.63) is 83.3 Å². The molecule has 2 aromatic carbocycles. The Labute approximate surface area is 194 Å². The molecule has 0 saturated heterocycles. The minimum absolute atomic E-state index is 0.0129. The van der Waals surface area contributed by atoms with Crippen LogP contribution in [0.25, 0.3) is 44.3 Å². The highest BCUT2D eigenvalue weighted by Gasteiger charge is 2.40. The van der Waals surface area contributed by atoms with Crippen molar-refractivity contribution in [1.29, 1.82) is 0 Å². The molecule has 5 aromatic rings. The Hall–Kier alpha value is -3.46. The van der Waals surface area contributed by atoms with E-state index in [4.69, 9.17) is 16.8 Å². The molecule has 31 heavy (non-hydrogen) atoms. The summed E-state index contributed by atoms with van der Waals surface area (Å²) in [6, 6.07) is 14.0. The summed E-state index contributed by atoms with van der Waals surface area (Å²) < 4.78 is 82.9. The van der Waals surface area contributed by atoms with Crippen molar-refractivity contribution in [2.45, 2.75) is 32.9 Å². The van der Waals surface area contributed by atoms with Crippen molar-refractivity contribution < 1.29 is 21.3 Å². The third-order valence-corrected chi connectivity index (χ3v) is 6.24. The van der Waals surface area contributed by atoms with E-state index in [2.05, 4.69) is 4.98 Å². The molecule has 3 heteroatoms. The van der Waals surface area contributed by atoms with E-state index in [1.165, 1.54) is 6.20 Å². The topological polar surface area (TPSA) is 29.9 Å². The SMILES string of the molecule is [2H]C([2H])([2H])c1ccc(-c2c(C)ccc3c2oc2c4c(ccc23)-c2cccnc2C4(C([2H])([2H])[2H])C([2H])([2H])[2H])[n+](C)c1. The van der Waals surface area contributed by atoms with Crippen LogP contribution in [-0.4, -0.2) is 4.98 Å². The van der Waals surface area contributed by atoms with Crippen molar-refractivity contribution in [3.63, 3.8) is 0 Å². The Morgan fingerprint density at radius 2 is 1.81 bits per heavy atom. The fourth-order valence-electron chi connectivity index (χ4n) is 4.82. The molecule has 3 heterocycles. The second kappa shape index (κ2) is 6.04. The minimum Gasteiger partial charge on any atom is -0.455 e. The molecule has 3 aromatic heterocycles. The number of rotatable bonds is 1. The maximum Gasteiger partial charge on any atom is 0.216 e. The van der Waals surface area contributed by atoms with Crippen LogP contribution in [0.4, 0.5) is 0 Å². The Morgan fingerprint density at radius 1 is 0.968 bits per heavy atom. The zero-order chi connectivity index (χ0) is 29.0. The summed E-state index contributed by atoms with van der Waals surface area (Å²) in [5.41, 5.74) is 1.66. The van der Waals surface area contributed by atoms with Crippen molar-refractivity contribution in [1.82, 2.24) is 4.98 Å². The number of furan rings is 1.